The lowest BCUT2D eigenvalue weighted by molar-refractivity contribution is -0.117. The number of halogens is 1. The number of hydrogen-bond acceptors (Lipinski definition) is 3. The number of rotatable bonds is 9. The summed E-state index contributed by atoms with van der Waals surface area (Å²) in [6.45, 7) is 8.18. The van der Waals surface area contributed by atoms with Gasteiger partial charge in [-0.05, 0) is 87.3 Å². The zero-order chi connectivity index (χ0) is 24.1. The van der Waals surface area contributed by atoms with Crippen LogP contribution in [-0.4, -0.2) is 29.1 Å². The van der Waals surface area contributed by atoms with E-state index < -0.39 is 15.8 Å². The van der Waals surface area contributed by atoms with Crippen LogP contribution in [0.1, 0.15) is 62.8 Å². The average Bonchev–Trinajstić information content (AvgIpc) is 2.70. The topological polar surface area (TPSA) is 75.8 Å². The van der Waals surface area contributed by atoms with Crippen molar-refractivity contribution in [2.24, 2.45) is 9.50 Å². The number of carbonyl (C=O) groups is 1. The SMILES string of the molecule is CCCc1cc(F)cc(CCC)c1CC(=O)N=S(N)(=O)c1ccc(C(C)(C)N(C)C)cc1. The maximum absolute atomic E-state index is 14.1. The maximum Gasteiger partial charge on any atom is 0.259 e. The van der Waals surface area contributed by atoms with Crippen molar-refractivity contribution >= 4 is 15.8 Å². The quantitative estimate of drug-likeness (QED) is 0.571. The molecule has 0 saturated carbocycles. The molecular formula is C25H36FN3O2S. The first-order valence-corrected chi connectivity index (χ1v) is 12.7. The van der Waals surface area contributed by atoms with E-state index in [9.17, 15) is 13.4 Å². The number of hydrogen-bond donors (Lipinski definition) is 1. The molecule has 0 aliphatic rings. The third kappa shape index (κ3) is 6.24. The van der Waals surface area contributed by atoms with E-state index in [2.05, 4.69) is 23.1 Å². The average molecular weight is 462 g/mol. The first-order chi connectivity index (χ1) is 14.9. The summed E-state index contributed by atoms with van der Waals surface area (Å²) in [6, 6.07) is 10.0. The molecule has 176 valence electrons. The lowest BCUT2D eigenvalue weighted by atomic mass is 9.93. The summed E-state index contributed by atoms with van der Waals surface area (Å²) in [5, 5.41) is 6.00. The lowest BCUT2D eigenvalue weighted by Crippen LogP contribution is -2.35. The van der Waals surface area contributed by atoms with Crippen molar-refractivity contribution in [1.82, 2.24) is 4.90 Å². The van der Waals surface area contributed by atoms with Crippen LogP contribution in [-0.2, 0) is 39.5 Å². The fourth-order valence-corrected chi connectivity index (χ4v) is 4.67. The van der Waals surface area contributed by atoms with Gasteiger partial charge in [0, 0.05) is 5.54 Å². The third-order valence-corrected chi connectivity index (χ3v) is 7.44. The summed E-state index contributed by atoms with van der Waals surface area (Å²) < 4.78 is 31.0. The second-order valence-corrected chi connectivity index (χ2v) is 10.7. The molecule has 2 N–H and O–H groups in total. The highest BCUT2D eigenvalue weighted by Gasteiger charge is 2.23. The highest BCUT2D eigenvalue weighted by Crippen LogP contribution is 2.26. The van der Waals surface area contributed by atoms with Crippen LogP contribution in [0.5, 0.6) is 0 Å². The molecule has 1 atom stereocenters. The van der Waals surface area contributed by atoms with Crippen molar-refractivity contribution in [3.05, 3.63) is 64.5 Å². The largest absolute Gasteiger partial charge is 0.300 e. The molecule has 2 aromatic carbocycles. The predicted molar refractivity (Wildman–Crippen MR) is 129 cm³/mol. The minimum atomic E-state index is -3.38. The zero-order valence-corrected chi connectivity index (χ0v) is 20.9. The molecule has 2 aromatic rings. The standard InChI is InChI=1S/C25H36FN3O2S/c1-7-9-18-15-21(26)16-19(10-8-2)23(18)17-24(30)28-32(27,31)22-13-11-20(12-14-22)25(3,4)29(5)6/h11-16H,7-10,17H2,1-6H3,(H2,27,28,30,31). The molecule has 7 heteroatoms. The maximum atomic E-state index is 14.1. The van der Waals surface area contributed by atoms with Crippen LogP contribution in [0.3, 0.4) is 0 Å². The lowest BCUT2D eigenvalue weighted by Gasteiger charge is -2.33. The Hall–Kier alpha value is -2.09. The van der Waals surface area contributed by atoms with E-state index in [1.165, 1.54) is 12.1 Å². The molecule has 2 rings (SSSR count). The van der Waals surface area contributed by atoms with E-state index >= 15 is 0 Å². The molecular weight excluding hydrogens is 425 g/mol. The highest BCUT2D eigenvalue weighted by atomic mass is 32.2. The smallest absolute Gasteiger partial charge is 0.259 e. The minimum Gasteiger partial charge on any atom is -0.300 e. The van der Waals surface area contributed by atoms with Gasteiger partial charge < -0.3 is 4.90 Å². The van der Waals surface area contributed by atoms with Gasteiger partial charge in [-0.25, -0.2) is 13.7 Å². The Labute approximate surface area is 192 Å². The van der Waals surface area contributed by atoms with Crippen LogP contribution < -0.4 is 5.14 Å². The number of aryl methyl sites for hydroxylation is 2. The molecule has 0 spiro atoms. The van der Waals surface area contributed by atoms with Gasteiger partial charge in [0.05, 0.1) is 11.3 Å². The van der Waals surface area contributed by atoms with Gasteiger partial charge in [-0.15, -0.1) is 4.36 Å². The zero-order valence-electron chi connectivity index (χ0n) is 20.1. The van der Waals surface area contributed by atoms with Gasteiger partial charge in [0.2, 0.25) is 0 Å². The van der Waals surface area contributed by atoms with E-state index in [4.69, 9.17) is 5.14 Å². The van der Waals surface area contributed by atoms with E-state index in [0.29, 0.717) is 17.7 Å². The summed E-state index contributed by atoms with van der Waals surface area (Å²) in [5.41, 5.74) is 3.21. The van der Waals surface area contributed by atoms with Crippen LogP contribution in [0.4, 0.5) is 4.39 Å². The van der Waals surface area contributed by atoms with Crippen molar-refractivity contribution in [1.29, 1.82) is 0 Å². The van der Waals surface area contributed by atoms with E-state index in [-0.39, 0.29) is 17.8 Å². The second-order valence-electron chi connectivity index (χ2n) is 8.91. The Balaban J connectivity index is 2.37. The summed E-state index contributed by atoms with van der Waals surface area (Å²) in [6.07, 6.45) is 2.95. The molecule has 0 aromatic heterocycles. The van der Waals surface area contributed by atoms with Crippen molar-refractivity contribution in [2.75, 3.05) is 14.1 Å². The van der Waals surface area contributed by atoms with Crippen LogP contribution in [0.15, 0.2) is 45.7 Å². The second kappa shape index (κ2) is 10.7. The van der Waals surface area contributed by atoms with Crippen LogP contribution in [0.2, 0.25) is 0 Å². The Morgan fingerprint density at radius 1 is 1.06 bits per heavy atom. The third-order valence-electron chi connectivity index (χ3n) is 6.02. The number of benzene rings is 2. The summed E-state index contributed by atoms with van der Waals surface area (Å²) in [7, 11) is 0.595. The molecule has 32 heavy (non-hydrogen) atoms. The molecule has 1 unspecified atom stereocenters. The molecule has 1 amide bonds. The molecule has 0 aliphatic carbocycles. The van der Waals surface area contributed by atoms with E-state index in [0.717, 1.165) is 35.1 Å². The Kier molecular flexibility index (Phi) is 8.74. The Bertz CT molecular complexity index is 1040. The molecule has 0 bridgehead atoms. The number of carbonyl (C=O) groups excluding carboxylic acids is 1. The number of nitrogens with zero attached hydrogens (tertiary/aromatic N) is 2. The minimum absolute atomic E-state index is 0.0368. The van der Waals surface area contributed by atoms with Crippen LogP contribution >= 0.6 is 0 Å². The van der Waals surface area contributed by atoms with Crippen molar-refractivity contribution in [3.8, 4) is 0 Å². The van der Waals surface area contributed by atoms with Crippen LogP contribution in [0, 0.1) is 5.82 Å². The number of amides is 1. The van der Waals surface area contributed by atoms with Crippen molar-refractivity contribution in [3.63, 3.8) is 0 Å². The van der Waals surface area contributed by atoms with Gasteiger partial charge >= 0.3 is 0 Å². The van der Waals surface area contributed by atoms with Gasteiger partial charge in [-0.1, -0.05) is 38.8 Å². The van der Waals surface area contributed by atoms with Gasteiger partial charge in [0.15, 0.2) is 0 Å². The fourth-order valence-electron chi connectivity index (χ4n) is 3.67. The van der Waals surface area contributed by atoms with Gasteiger partial charge in [0.25, 0.3) is 5.91 Å². The predicted octanol–water partition coefficient (Wildman–Crippen LogP) is 5.00. The molecule has 0 aliphatic heterocycles. The van der Waals surface area contributed by atoms with Crippen molar-refractivity contribution in [2.45, 2.75) is 70.2 Å². The first kappa shape index (κ1) is 26.2. The van der Waals surface area contributed by atoms with E-state index in [1.807, 2.05) is 40.1 Å². The molecule has 5 nitrogen and oxygen atoms in total. The molecule has 0 radical (unpaired) electrons. The molecule has 0 saturated heterocycles. The van der Waals surface area contributed by atoms with Crippen LogP contribution in [0.25, 0.3) is 0 Å². The normalized spacial score (nSPS) is 13.8. The molecule has 0 fully saturated rings. The summed E-state index contributed by atoms with van der Waals surface area (Å²) in [4.78, 5) is 15.2. The Morgan fingerprint density at radius 3 is 2.00 bits per heavy atom. The molecule has 0 heterocycles. The van der Waals surface area contributed by atoms with Crippen molar-refractivity contribution < 1.29 is 13.4 Å². The van der Waals surface area contributed by atoms with Gasteiger partial charge in [-0.3, -0.25) is 4.79 Å². The number of nitrogens with two attached hydrogens (primary N) is 1. The highest BCUT2D eigenvalue weighted by molar-refractivity contribution is 7.91. The summed E-state index contributed by atoms with van der Waals surface area (Å²) >= 11 is 0. The van der Waals surface area contributed by atoms with E-state index in [1.54, 1.807) is 12.1 Å². The Morgan fingerprint density at radius 2 is 1.56 bits per heavy atom. The first-order valence-electron chi connectivity index (χ1n) is 11.1. The monoisotopic (exact) mass is 461 g/mol. The summed E-state index contributed by atoms with van der Waals surface area (Å²) in [5.74, 6) is -0.857. The van der Waals surface area contributed by atoms with Gasteiger partial charge in [-0.2, -0.15) is 0 Å². The fraction of sp³-hybridized carbons (Fsp3) is 0.480. The van der Waals surface area contributed by atoms with Gasteiger partial charge in [0.1, 0.15) is 15.7 Å².